The first-order valence-corrected chi connectivity index (χ1v) is 6.72. The highest BCUT2D eigenvalue weighted by Crippen LogP contribution is 2.30. The zero-order valence-corrected chi connectivity index (χ0v) is 11.2. The van der Waals surface area contributed by atoms with Crippen molar-refractivity contribution in [3.63, 3.8) is 0 Å². The van der Waals surface area contributed by atoms with Crippen molar-refractivity contribution in [3.05, 3.63) is 35.4 Å². The van der Waals surface area contributed by atoms with Crippen molar-refractivity contribution in [1.82, 2.24) is 0 Å². The third kappa shape index (κ3) is 3.39. The minimum Gasteiger partial charge on any atom is -0.377 e. The van der Waals surface area contributed by atoms with Gasteiger partial charge in [0.15, 0.2) is 0 Å². The summed E-state index contributed by atoms with van der Waals surface area (Å²) >= 11 is 0. The number of halogens is 3. The van der Waals surface area contributed by atoms with Crippen molar-refractivity contribution in [2.45, 2.75) is 38.5 Å². The van der Waals surface area contributed by atoms with E-state index in [0.29, 0.717) is 18.6 Å². The molecular formula is C15H17F3O2. The van der Waals surface area contributed by atoms with Gasteiger partial charge in [0, 0.05) is 18.9 Å². The molecule has 0 N–H and O–H groups in total. The number of hydrogen-bond acceptors (Lipinski definition) is 2. The van der Waals surface area contributed by atoms with Gasteiger partial charge in [-0.3, -0.25) is 4.79 Å². The number of Topliss-reactive ketones (excluding diaryl/α,β-unsaturated/α-hetero) is 1. The van der Waals surface area contributed by atoms with Gasteiger partial charge in [0.2, 0.25) is 0 Å². The summed E-state index contributed by atoms with van der Waals surface area (Å²) in [6, 6.07) is 4.97. The molecule has 0 aromatic heterocycles. The normalized spacial score (nSPS) is 23.0. The van der Waals surface area contributed by atoms with Crippen LogP contribution >= 0.6 is 0 Å². The zero-order valence-electron chi connectivity index (χ0n) is 11.2. The van der Waals surface area contributed by atoms with Crippen LogP contribution in [0.5, 0.6) is 0 Å². The first-order valence-electron chi connectivity index (χ1n) is 6.72. The first-order chi connectivity index (χ1) is 9.41. The molecule has 0 spiro atoms. The van der Waals surface area contributed by atoms with Crippen molar-refractivity contribution < 1.29 is 22.7 Å². The molecule has 1 aromatic carbocycles. The largest absolute Gasteiger partial charge is 0.416 e. The number of rotatable bonds is 4. The minimum absolute atomic E-state index is 0.0336. The Kier molecular flexibility index (Phi) is 4.48. The van der Waals surface area contributed by atoms with Crippen LogP contribution in [0.4, 0.5) is 13.2 Å². The molecule has 5 heteroatoms. The second-order valence-electron chi connectivity index (χ2n) is 5.05. The van der Waals surface area contributed by atoms with Gasteiger partial charge in [-0.25, -0.2) is 0 Å². The molecule has 1 aromatic rings. The summed E-state index contributed by atoms with van der Waals surface area (Å²) in [6.45, 7) is 2.50. The summed E-state index contributed by atoms with van der Waals surface area (Å²) < 4.78 is 43.3. The number of ether oxygens (including phenoxy) is 1. The molecule has 1 aliphatic heterocycles. The van der Waals surface area contributed by atoms with Gasteiger partial charge in [0.25, 0.3) is 0 Å². The maximum absolute atomic E-state index is 12.6. The van der Waals surface area contributed by atoms with E-state index in [1.165, 1.54) is 6.07 Å². The van der Waals surface area contributed by atoms with E-state index in [2.05, 4.69) is 0 Å². The van der Waals surface area contributed by atoms with E-state index in [0.717, 1.165) is 18.6 Å². The monoisotopic (exact) mass is 286 g/mol. The molecule has 1 aliphatic rings. The first kappa shape index (κ1) is 15.0. The Labute approximate surface area is 115 Å². The molecule has 0 aliphatic carbocycles. The lowest BCUT2D eigenvalue weighted by molar-refractivity contribution is -0.137. The quantitative estimate of drug-likeness (QED) is 0.845. The lowest BCUT2D eigenvalue weighted by Gasteiger charge is -2.16. The average Bonchev–Trinajstić information content (AvgIpc) is 2.86. The molecule has 2 nitrogen and oxygen atoms in total. The Morgan fingerprint density at radius 1 is 1.40 bits per heavy atom. The van der Waals surface area contributed by atoms with Crippen molar-refractivity contribution in [2.75, 3.05) is 6.61 Å². The Balaban J connectivity index is 2.08. The van der Waals surface area contributed by atoms with Gasteiger partial charge in [-0.05, 0) is 24.5 Å². The molecule has 1 heterocycles. The highest BCUT2D eigenvalue weighted by atomic mass is 19.4. The molecule has 1 fully saturated rings. The van der Waals surface area contributed by atoms with Crippen LogP contribution in [0.1, 0.15) is 30.9 Å². The summed E-state index contributed by atoms with van der Waals surface area (Å²) in [5.41, 5.74) is -0.302. The molecule has 110 valence electrons. The fourth-order valence-corrected chi connectivity index (χ4v) is 2.61. The summed E-state index contributed by atoms with van der Waals surface area (Å²) in [4.78, 5) is 12.2. The SMILES string of the molecule is CCC1OCCC1C(=O)Cc1cccc(C(F)(F)F)c1. The minimum atomic E-state index is -4.37. The van der Waals surface area contributed by atoms with Crippen molar-refractivity contribution >= 4 is 5.78 Å². The van der Waals surface area contributed by atoms with E-state index < -0.39 is 11.7 Å². The predicted molar refractivity (Wildman–Crippen MR) is 68.3 cm³/mol. The number of carbonyl (C=O) groups excluding carboxylic acids is 1. The van der Waals surface area contributed by atoms with Gasteiger partial charge >= 0.3 is 6.18 Å². The van der Waals surface area contributed by atoms with E-state index in [-0.39, 0.29) is 24.2 Å². The Morgan fingerprint density at radius 2 is 2.15 bits per heavy atom. The van der Waals surface area contributed by atoms with Crippen LogP contribution in [0.15, 0.2) is 24.3 Å². The fraction of sp³-hybridized carbons (Fsp3) is 0.533. The Bertz CT molecular complexity index is 482. The molecule has 2 rings (SSSR count). The Morgan fingerprint density at radius 3 is 2.80 bits per heavy atom. The summed E-state index contributed by atoms with van der Waals surface area (Å²) in [5.74, 6) is -0.219. The van der Waals surface area contributed by atoms with Gasteiger partial charge < -0.3 is 4.74 Å². The highest BCUT2D eigenvalue weighted by molar-refractivity contribution is 5.84. The summed E-state index contributed by atoms with van der Waals surface area (Å²) in [6.07, 6.45) is -3.01. The number of benzene rings is 1. The molecule has 20 heavy (non-hydrogen) atoms. The molecule has 0 radical (unpaired) electrons. The van der Waals surface area contributed by atoms with E-state index in [1.807, 2.05) is 6.92 Å². The van der Waals surface area contributed by atoms with Gasteiger partial charge in [0.05, 0.1) is 11.7 Å². The highest BCUT2D eigenvalue weighted by Gasteiger charge is 2.33. The molecule has 1 saturated heterocycles. The smallest absolute Gasteiger partial charge is 0.377 e. The van der Waals surface area contributed by atoms with Crippen LogP contribution < -0.4 is 0 Å². The van der Waals surface area contributed by atoms with Crippen LogP contribution in [0.3, 0.4) is 0 Å². The third-order valence-corrected chi connectivity index (χ3v) is 3.66. The molecule has 2 atom stereocenters. The van der Waals surface area contributed by atoms with E-state index in [1.54, 1.807) is 6.07 Å². The molecule has 0 amide bonds. The standard InChI is InChI=1S/C15H17F3O2/c1-2-14-12(6-7-20-14)13(19)9-10-4-3-5-11(8-10)15(16,17)18/h3-5,8,12,14H,2,6-7,9H2,1H3. The molecule has 0 bridgehead atoms. The number of hydrogen-bond donors (Lipinski definition) is 0. The topological polar surface area (TPSA) is 26.3 Å². The van der Waals surface area contributed by atoms with Crippen LogP contribution in [-0.2, 0) is 22.1 Å². The molecular weight excluding hydrogens is 269 g/mol. The number of carbonyl (C=O) groups is 1. The van der Waals surface area contributed by atoms with Crippen LogP contribution in [0.25, 0.3) is 0 Å². The summed E-state index contributed by atoms with van der Waals surface area (Å²) in [7, 11) is 0. The third-order valence-electron chi connectivity index (χ3n) is 3.66. The van der Waals surface area contributed by atoms with Gasteiger partial charge in [-0.1, -0.05) is 25.1 Å². The number of ketones is 1. The van der Waals surface area contributed by atoms with E-state index >= 15 is 0 Å². The zero-order chi connectivity index (χ0) is 14.8. The maximum Gasteiger partial charge on any atom is 0.416 e. The molecule has 2 unspecified atom stereocenters. The Hall–Kier alpha value is -1.36. The van der Waals surface area contributed by atoms with Gasteiger partial charge in [-0.15, -0.1) is 0 Å². The number of alkyl halides is 3. The average molecular weight is 286 g/mol. The fourth-order valence-electron chi connectivity index (χ4n) is 2.61. The van der Waals surface area contributed by atoms with E-state index in [9.17, 15) is 18.0 Å². The van der Waals surface area contributed by atoms with Gasteiger partial charge in [0.1, 0.15) is 5.78 Å². The second-order valence-corrected chi connectivity index (χ2v) is 5.05. The van der Waals surface area contributed by atoms with Crippen molar-refractivity contribution in [2.24, 2.45) is 5.92 Å². The lowest BCUT2D eigenvalue weighted by atomic mass is 9.90. The maximum atomic E-state index is 12.6. The van der Waals surface area contributed by atoms with Gasteiger partial charge in [-0.2, -0.15) is 13.2 Å². The van der Waals surface area contributed by atoms with Crippen LogP contribution in [0.2, 0.25) is 0 Å². The predicted octanol–water partition coefficient (Wildman–Crippen LogP) is 3.63. The van der Waals surface area contributed by atoms with Crippen molar-refractivity contribution in [1.29, 1.82) is 0 Å². The van der Waals surface area contributed by atoms with Crippen molar-refractivity contribution in [3.8, 4) is 0 Å². The van der Waals surface area contributed by atoms with Crippen LogP contribution in [0, 0.1) is 5.92 Å². The van der Waals surface area contributed by atoms with E-state index in [4.69, 9.17) is 4.74 Å². The lowest BCUT2D eigenvalue weighted by Crippen LogP contribution is -2.25. The summed E-state index contributed by atoms with van der Waals surface area (Å²) in [5, 5.41) is 0. The second kappa shape index (κ2) is 5.95. The van der Waals surface area contributed by atoms with Crippen LogP contribution in [-0.4, -0.2) is 18.5 Å². The molecule has 0 saturated carbocycles.